The highest BCUT2D eigenvalue weighted by atomic mass is 16.3. The van der Waals surface area contributed by atoms with Crippen LogP contribution in [0.4, 0.5) is 0 Å². The molecule has 252 valence electrons. The highest BCUT2D eigenvalue weighted by molar-refractivity contribution is 6.20. The Hall–Kier alpha value is -7.30. The molecule has 12 rings (SSSR count). The minimum absolute atomic E-state index is 0.873. The van der Waals surface area contributed by atoms with Crippen molar-refractivity contribution in [2.45, 2.75) is 0 Å². The topological polar surface area (TPSA) is 27.9 Å². The van der Waals surface area contributed by atoms with Gasteiger partial charge in [-0.2, -0.15) is 0 Å². The second-order valence-electron chi connectivity index (χ2n) is 14.2. The van der Waals surface area contributed by atoms with Crippen molar-refractivity contribution in [1.29, 1.82) is 0 Å². The molecule has 12 aromatic rings. The molecule has 0 radical (unpaired) electrons. The van der Waals surface area contributed by atoms with E-state index in [1.165, 1.54) is 65.8 Å². The molecule has 4 heterocycles. The third-order valence-corrected chi connectivity index (χ3v) is 11.3. The fraction of sp³-hybridized carbons (Fsp3) is 0. The Morgan fingerprint density at radius 2 is 0.722 bits per heavy atom. The van der Waals surface area contributed by atoms with Gasteiger partial charge in [0.2, 0.25) is 5.71 Å². The van der Waals surface area contributed by atoms with E-state index in [0.717, 1.165) is 39.0 Å². The van der Waals surface area contributed by atoms with Crippen molar-refractivity contribution in [2.75, 3.05) is 0 Å². The van der Waals surface area contributed by atoms with Gasteiger partial charge in [0.15, 0.2) is 0 Å². The van der Waals surface area contributed by atoms with E-state index < -0.39 is 0 Å². The van der Waals surface area contributed by atoms with Gasteiger partial charge in [-0.05, 0) is 96.1 Å². The number of hydrogen-bond donors (Lipinski definition) is 0. The summed E-state index contributed by atoms with van der Waals surface area (Å²) in [6.07, 6.45) is 0. The Balaban J connectivity index is 0.997. The minimum atomic E-state index is 0.873. The van der Waals surface area contributed by atoms with Crippen molar-refractivity contribution in [3.63, 3.8) is 0 Å². The molecule has 0 spiro atoms. The maximum Gasteiger partial charge on any atom is 0.213 e. The van der Waals surface area contributed by atoms with Crippen LogP contribution in [0.2, 0.25) is 0 Å². The lowest BCUT2D eigenvalue weighted by Crippen LogP contribution is -1.97. The molecule has 0 aliphatic heterocycles. The number of aromatic nitrogens is 3. The highest BCUT2D eigenvalue weighted by Gasteiger charge is 2.20. The summed E-state index contributed by atoms with van der Waals surface area (Å²) >= 11 is 0. The van der Waals surface area contributed by atoms with Gasteiger partial charge in [-0.15, -0.1) is 0 Å². The van der Waals surface area contributed by atoms with Crippen LogP contribution in [0.1, 0.15) is 0 Å². The Labute approximate surface area is 309 Å². The van der Waals surface area contributed by atoms with E-state index >= 15 is 0 Å². The number of para-hydroxylation sites is 5. The van der Waals surface area contributed by atoms with E-state index in [0.29, 0.717) is 0 Å². The number of furan rings is 1. The zero-order chi connectivity index (χ0) is 35.3. The van der Waals surface area contributed by atoms with Gasteiger partial charge in [0, 0.05) is 49.4 Å². The number of rotatable bonds is 4. The number of nitrogens with zero attached hydrogens (tertiary/aromatic N) is 3. The van der Waals surface area contributed by atoms with Crippen molar-refractivity contribution in [1.82, 2.24) is 13.7 Å². The summed E-state index contributed by atoms with van der Waals surface area (Å²) in [5, 5.41) is 8.48. The molecule has 4 nitrogen and oxygen atoms in total. The second kappa shape index (κ2) is 11.1. The van der Waals surface area contributed by atoms with Gasteiger partial charge < -0.3 is 13.6 Å². The Morgan fingerprint density at radius 3 is 1.31 bits per heavy atom. The molecule has 0 atom stereocenters. The van der Waals surface area contributed by atoms with E-state index in [2.05, 4.69) is 190 Å². The van der Waals surface area contributed by atoms with Crippen molar-refractivity contribution in [2.24, 2.45) is 0 Å². The van der Waals surface area contributed by atoms with E-state index in [4.69, 9.17) is 4.42 Å². The van der Waals surface area contributed by atoms with Gasteiger partial charge in [-0.1, -0.05) is 103 Å². The second-order valence-corrected chi connectivity index (χ2v) is 14.2. The van der Waals surface area contributed by atoms with Crippen molar-refractivity contribution in [3.05, 3.63) is 188 Å². The molecule has 4 aromatic heterocycles. The summed E-state index contributed by atoms with van der Waals surface area (Å²) < 4.78 is 13.5. The smallest absolute Gasteiger partial charge is 0.213 e. The molecule has 0 bridgehead atoms. The molecule has 0 amide bonds. The molecule has 4 heteroatoms. The molecule has 8 aromatic carbocycles. The average Bonchev–Trinajstić information content (AvgIpc) is 3.97. The summed E-state index contributed by atoms with van der Waals surface area (Å²) in [7, 11) is 0. The van der Waals surface area contributed by atoms with Crippen molar-refractivity contribution < 1.29 is 4.42 Å². The summed E-state index contributed by atoms with van der Waals surface area (Å²) in [4.78, 5) is 0. The monoisotopic (exact) mass is 689 g/mol. The predicted octanol–water partition coefficient (Wildman–Crippen LogP) is 13.4. The van der Waals surface area contributed by atoms with Crippen LogP contribution < -0.4 is 0 Å². The maximum atomic E-state index is 6.51. The van der Waals surface area contributed by atoms with Crippen LogP contribution in [0, 0.1) is 0 Å². The van der Waals surface area contributed by atoms with E-state index in [1.807, 2.05) is 12.1 Å². The van der Waals surface area contributed by atoms with Gasteiger partial charge >= 0.3 is 0 Å². The average molecular weight is 690 g/mol. The molecule has 0 aliphatic rings. The molecular formula is C50H31N3O. The standard InChI is InChI=1S/C50H31N3O/c1-2-12-34(13-3-1)51-43-18-8-4-14-37(43)41-30-32(22-28-46(41)51)33-23-29-47-42(31-33)38-15-5-9-19-44(38)52(47)35-24-26-36(27-25-35)53-45-20-10-6-16-39(45)49-40-17-7-11-21-48(40)54-50(49)53/h1-31H. The van der Waals surface area contributed by atoms with Gasteiger partial charge in [0.1, 0.15) is 5.58 Å². The van der Waals surface area contributed by atoms with Crippen molar-refractivity contribution >= 4 is 76.6 Å². The van der Waals surface area contributed by atoms with Crippen LogP contribution in [0.3, 0.4) is 0 Å². The Kier molecular flexibility index (Phi) is 6.02. The summed E-state index contributed by atoms with van der Waals surface area (Å²) in [5.41, 5.74) is 13.5. The van der Waals surface area contributed by atoms with Crippen molar-refractivity contribution in [3.8, 4) is 28.2 Å². The third kappa shape index (κ3) is 4.08. The molecule has 0 saturated heterocycles. The minimum Gasteiger partial charge on any atom is -0.439 e. The van der Waals surface area contributed by atoms with Gasteiger partial charge in [-0.25, -0.2) is 0 Å². The normalized spacial score (nSPS) is 12.1. The van der Waals surface area contributed by atoms with Crippen LogP contribution in [-0.2, 0) is 0 Å². The quantitative estimate of drug-likeness (QED) is 0.181. The van der Waals surface area contributed by atoms with Crippen LogP contribution >= 0.6 is 0 Å². The first-order valence-corrected chi connectivity index (χ1v) is 18.4. The molecule has 0 saturated carbocycles. The number of fused-ring (bicyclic) bond motifs is 11. The van der Waals surface area contributed by atoms with Gasteiger partial charge in [0.05, 0.1) is 33.0 Å². The SMILES string of the molecule is c1ccc(-n2c3ccccc3c3cc(-c4ccc5c(c4)c4ccccc4n5-c4ccc(-n5c6ccccc6c6c7ccccc7oc65)cc4)ccc32)cc1. The molecule has 54 heavy (non-hydrogen) atoms. The largest absolute Gasteiger partial charge is 0.439 e. The van der Waals surface area contributed by atoms with Crippen LogP contribution in [0.15, 0.2) is 192 Å². The summed E-state index contributed by atoms with van der Waals surface area (Å²) in [6, 6.07) is 67.7. The fourth-order valence-electron chi connectivity index (χ4n) is 8.89. The maximum absolute atomic E-state index is 6.51. The summed E-state index contributed by atoms with van der Waals surface area (Å²) in [6.45, 7) is 0. The first-order chi connectivity index (χ1) is 26.8. The van der Waals surface area contributed by atoms with E-state index in [1.54, 1.807) is 0 Å². The number of benzene rings is 8. The van der Waals surface area contributed by atoms with E-state index in [-0.39, 0.29) is 0 Å². The molecule has 0 fully saturated rings. The predicted molar refractivity (Wildman–Crippen MR) is 225 cm³/mol. The Morgan fingerprint density at radius 1 is 0.296 bits per heavy atom. The first-order valence-electron chi connectivity index (χ1n) is 18.4. The van der Waals surface area contributed by atoms with Crippen LogP contribution in [0.25, 0.3) is 105 Å². The molecule has 0 aliphatic carbocycles. The van der Waals surface area contributed by atoms with Gasteiger partial charge in [0.25, 0.3) is 0 Å². The lowest BCUT2D eigenvalue weighted by molar-refractivity contribution is 0.645. The zero-order valence-corrected chi connectivity index (χ0v) is 29.1. The lowest BCUT2D eigenvalue weighted by atomic mass is 10.0. The zero-order valence-electron chi connectivity index (χ0n) is 29.1. The Bertz CT molecular complexity index is 3430. The highest BCUT2D eigenvalue weighted by Crippen LogP contribution is 2.41. The third-order valence-electron chi connectivity index (χ3n) is 11.3. The first kappa shape index (κ1) is 29.3. The van der Waals surface area contributed by atoms with Gasteiger partial charge in [-0.3, -0.25) is 4.57 Å². The molecule has 0 unspecified atom stereocenters. The molecular weight excluding hydrogens is 659 g/mol. The molecule has 0 N–H and O–H groups in total. The lowest BCUT2D eigenvalue weighted by Gasteiger charge is -2.11. The fourth-order valence-corrected chi connectivity index (χ4v) is 8.89. The number of hydrogen-bond acceptors (Lipinski definition) is 1. The summed E-state index contributed by atoms with van der Waals surface area (Å²) in [5.74, 6) is 0. The van der Waals surface area contributed by atoms with Crippen LogP contribution in [0.5, 0.6) is 0 Å². The van der Waals surface area contributed by atoms with Crippen LogP contribution in [-0.4, -0.2) is 13.7 Å². The van der Waals surface area contributed by atoms with E-state index in [9.17, 15) is 0 Å².